The summed E-state index contributed by atoms with van der Waals surface area (Å²) < 4.78 is 54.7. The van der Waals surface area contributed by atoms with E-state index in [4.69, 9.17) is 15.2 Å². The van der Waals surface area contributed by atoms with E-state index in [-0.39, 0.29) is 28.7 Å². The third-order valence-corrected chi connectivity index (χ3v) is 7.28. The van der Waals surface area contributed by atoms with Crippen molar-refractivity contribution in [2.75, 3.05) is 13.7 Å². The first-order chi connectivity index (χ1) is 19.6. The molecule has 4 N–H and O–H groups in total. The van der Waals surface area contributed by atoms with Crippen LogP contribution in [0.25, 0.3) is 11.3 Å². The molecule has 0 aliphatic carbocycles. The number of pyridine rings is 1. The number of methoxy groups -OCH3 is 1. The third kappa shape index (κ3) is 6.57. The number of carbonyl (C=O) groups is 2. The van der Waals surface area contributed by atoms with Crippen LogP contribution >= 0.6 is 0 Å². The number of rotatable bonds is 10. The van der Waals surface area contributed by atoms with Gasteiger partial charge in [-0.1, -0.05) is 29.8 Å². The fraction of sp³-hybridized carbons (Fsp3) is 0.387. The van der Waals surface area contributed by atoms with E-state index in [1.807, 2.05) is 6.92 Å². The van der Waals surface area contributed by atoms with Crippen molar-refractivity contribution in [1.29, 1.82) is 0 Å². The zero-order chi connectivity index (χ0) is 30.9. The highest BCUT2D eigenvalue weighted by molar-refractivity contribution is 5.96. The quantitative estimate of drug-likeness (QED) is 0.288. The molecule has 0 bridgehead atoms. The maximum absolute atomic E-state index is 14.6. The minimum Gasteiger partial charge on any atom is -0.493 e. The van der Waals surface area contributed by atoms with Crippen molar-refractivity contribution in [3.05, 3.63) is 77.0 Å². The summed E-state index contributed by atoms with van der Waals surface area (Å²) in [6.07, 6.45) is -7.04. The number of ether oxygens (including phenoxy) is 2. The second-order valence-electron chi connectivity index (χ2n) is 11.0. The topological polar surface area (TPSA) is 124 Å². The summed E-state index contributed by atoms with van der Waals surface area (Å²) in [6.45, 7) is 5.63. The molecular formula is C31H34F3N3O5. The van der Waals surface area contributed by atoms with E-state index in [9.17, 15) is 27.9 Å². The van der Waals surface area contributed by atoms with Crippen LogP contribution in [0.2, 0.25) is 0 Å². The Kier molecular flexibility index (Phi) is 8.65. The molecule has 1 amide bonds. The molecule has 11 heteroatoms. The number of nitrogens with one attached hydrogen (secondary N) is 1. The molecule has 224 valence electrons. The van der Waals surface area contributed by atoms with Gasteiger partial charge < -0.3 is 25.6 Å². The number of benzene rings is 2. The number of hydrogen-bond acceptors (Lipinski definition) is 7. The molecule has 8 nitrogen and oxygen atoms in total. The summed E-state index contributed by atoms with van der Waals surface area (Å²) in [6, 6.07) is 13.9. The van der Waals surface area contributed by atoms with Crippen LogP contribution in [0.5, 0.6) is 11.5 Å². The highest BCUT2D eigenvalue weighted by Crippen LogP contribution is 2.43. The monoisotopic (exact) mass is 585 g/mol. The normalized spacial score (nSPS) is 17.0. The summed E-state index contributed by atoms with van der Waals surface area (Å²) in [5, 5.41) is 13.8. The van der Waals surface area contributed by atoms with Crippen molar-refractivity contribution < 1.29 is 37.3 Å². The summed E-state index contributed by atoms with van der Waals surface area (Å²) in [5.74, 6) is -0.564. The van der Waals surface area contributed by atoms with E-state index in [2.05, 4.69) is 10.3 Å². The summed E-state index contributed by atoms with van der Waals surface area (Å²) >= 11 is 0. The van der Waals surface area contributed by atoms with Gasteiger partial charge in [0.25, 0.3) is 5.91 Å². The number of amides is 1. The summed E-state index contributed by atoms with van der Waals surface area (Å²) in [5.41, 5.74) is 3.26. The van der Waals surface area contributed by atoms with Crippen LogP contribution < -0.4 is 20.5 Å². The minimum absolute atomic E-state index is 0.0599. The predicted molar refractivity (Wildman–Crippen MR) is 150 cm³/mol. The number of aromatic nitrogens is 1. The van der Waals surface area contributed by atoms with Gasteiger partial charge in [0, 0.05) is 36.1 Å². The Bertz CT molecular complexity index is 1470. The molecule has 0 saturated carbocycles. The van der Waals surface area contributed by atoms with E-state index in [1.165, 1.54) is 25.3 Å². The van der Waals surface area contributed by atoms with Crippen LogP contribution in [0.3, 0.4) is 0 Å². The number of halogens is 3. The third-order valence-electron chi connectivity index (χ3n) is 7.28. The Hall–Kier alpha value is -3.96. The zero-order valence-electron chi connectivity index (χ0n) is 23.8. The molecule has 2 aromatic carbocycles. The molecule has 1 aliphatic rings. The molecule has 42 heavy (non-hydrogen) atoms. The smallest absolute Gasteiger partial charge is 0.422 e. The first-order valence-corrected chi connectivity index (χ1v) is 13.5. The van der Waals surface area contributed by atoms with Crippen molar-refractivity contribution >= 4 is 11.7 Å². The predicted octanol–water partition coefficient (Wildman–Crippen LogP) is 4.94. The fourth-order valence-corrected chi connectivity index (χ4v) is 4.62. The number of nitrogens with zero attached hydrogens (tertiary/aromatic N) is 1. The molecule has 4 rings (SSSR count). The van der Waals surface area contributed by atoms with E-state index in [0.717, 1.165) is 11.6 Å². The van der Waals surface area contributed by atoms with Crippen LogP contribution in [0.15, 0.2) is 54.6 Å². The van der Waals surface area contributed by atoms with Crippen LogP contribution in [-0.2, 0) is 15.9 Å². The lowest BCUT2D eigenvalue weighted by atomic mass is 9.86. The minimum atomic E-state index is -5.15. The molecular weight excluding hydrogens is 551 g/mol. The standard InChI is InChI=1S/C31H34F3N3O5/c1-18-5-7-19(8-6-18)22-16-21(29(2,3)35)17-27(37-22)30(40,31(32,33)34)13-11-23(38)20-9-10-24(26(15-20)41-4)42-25-12-14-36-28(25)39/h5-10,15-17,25,40H,11-14,35H2,1-4H3,(H,36,39). The Morgan fingerprint density at radius 2 is 1.79 bits per heavy atom. The lowest BCUT2D eigenvalue weighted by Gasteiger charge is -2.32. The van der Waals surface area contributed by atoms with Crippen LogP contribution in [0.4, 0.5) is 13.2 Å². The number of ketones is 1. The SMILES string of the molecule is COc1cc(C(=O)CCC(O)(c2cc(C(C)(C)N)cc(-c3ccc(C)cc3)n2)C(F)(F)F)ccc1OC1CCNC1=O. The van der Waals surface area contributed by atoms with Crippen molar-refractivity contribution in [2.45, 2.75) is 63.5 Å². The van der Waals surface area contributed by atoms with Gasteiger partial charge in [0.1, 0.15) is 0 Å². The fourth-order valence-electron chi connectivity index (χ4n) is 4.62. The van der Waals surface area contributed by atoms with Gasteiger partial charge >= 0.3 is 6.18 Å². The number of carbonyl (C=O) groups excluding carboxylic acids is 2. The number of nitrogens with two attached hydrogens (primary N) is 1. The molecule has 2 heterocycles. The molecule has 1 saturated heterocycles. The van der Waals surface area contributed by atoms with Gasteiger partial charge in [-0.25, -0.2) is 4.98 Å². The van der Waals surface area contributed by atoms with Crippen LogP contribution in [-0.4, -0.2) is 47.7 Å². The number of aryl methyl sites for hydroxylation is 1. The average molecular weight is 586 g/mol. The Labute approximate surface area is 242 Å². The second-order valence-corrected chi connectivity index (χ2v) is 11.0. The van der Waals surface area contributed by atoms with E-state index >= 15 is 0 Å². The largest absolute Gasteiger partial charge is 0.493 e. The highest BCUT2D eigenvalue weighted by atomic mass is 19.4. The molecule has 1 aromatic heterocycles. The van der Waals surface area contributed by atoms with Gasteiger partial charge in [-0.05, 0) is 63.1 Å². The second kappa shape index (κ2) is 11.7. The number of alkyl halides is 3. The zero-order valence-corrected chi connectivity index (χ0v) is 23.8. The molecule has 3 aromatic rings. The summed E-state index contributed by atoms with van der Waals surface area (Å²) in [4.78, 5) is 29.2. The molecule has 2 atom stereocenters. The maximum Gasteiger partial charge on any atom is 0.422 e. The van der Waals surface area contributed by atoms with Crippen LogP contribution in [0.1, 0.15) is 60.3 Å². The highest BCUT2D eigenvalue weighted by Gasteiger charge is 2.56. The molecule has 0 radical (unpaired) electrons. The Morgan fingerprint density at radius 1 is 1.10 bits per heavy atom. The van der Waals surface area contributed by atoms with Gasteiger partial charge in [0.2, 0.25) is 5.60 Å². The lowest BCUT2D eigenvalue weighted by molar-refractivity contribution is -0.270. The first kappa shape index (κ1) is 31.0. The van der Waals surface area contributed by atoms with E-state index in [1.54, 1.807) is 44.2 Å². The first-order valence-electron chi connectivity index (χ1n) is 13.5. The molecule has 2 unspecified atom stereocenters. The van der Waals surface area contributed by atoms with Crippen molar-refractivity contribution in [3.63, 3.8) is 0 Å². The number of aliphatic hydroxyl groups is 1. The van der Waals surface area contributed by atoms with Crippen molar-refractivity contribution in [2.24, 2.45) is 5.73 Å². The van der Waals surface area contributed by atoms with Gasteiger partial charge in [-0.2, -0.15) is 13.2 Å². The lowest BCUT2D eigenvalue weighted by Crippen LogP contribution is -2.44. The molecule has 1 fully saturated rings. The van der Waals surface area contributed by atoms with Crippen molar-refractivity contribution in [3.8, 4) is 22.8 Å². The summed E-state index contributed by atoms with van der Waals surface area (Å²) in [7, 11) is 1.34. The number of hydrogen-bond donors (Lipinski definition) is 3. The number of Topliss-reactive ketones (excluding diaryl/α,β-unsaturated/α-hetero) is 1. The Morgan fingerprint density at radius 3 is 2.36 bits per heavy atom. The van der Waals surface area contributed by atoms with E-state index < -0.39 is 47.7 Å². The van der Waals surface area contributed by atoms with Gasteiger partial charge in [0.05, 0.1) is 18.5 Å². The van der Waals surface area contributed by atoms with E-state index in [0.29, 0.717) is 24.1 Å². The van der Waals surface area contributed by atoms with Crippen molar-refractivity contribution in [1.82, 2.24) is 10.3 Å². The van der Waals surface area contributed by atoms with Crippen LogP contribution in [0, 0.1) is 6.92 Å². The van der Waals surface area contributed by atoms with Gasteiger partial charge in [0.15, 0.2) is 23.4 Å². The maximum atomic E-state index is 14.6. The average Bonchev–Trinajstić information content (AvgIpc) is 3.34. The molecule has 1 aliphatic heterocycles. The molecule has 0 spiro atoms. The van der Waals surface area contributed by atoms with Gasteiger partial charge in [-0.15, -0.1) is 0 Å². The van der Waals surface area contributed by atoms with Gasteiger partial charge in [-0.3, -0.25) is 9.59 Å². The Balaban J connectivity index is 1.64.